The molecule has 0 aliphatic carbocycles. The van der Waals surface area contributed by atoms with Crippen LogP contribution < -0.4 is 0 Å². The van der Waals surface area contributed by atoms with Crippen LogP contribution >= 0.6 is 35.3 Å². The molecule has 1 saturated heterocycles. The maximum Gasteiger partial charge on any atom is 0.352 e. The maximum absolute atomic E-state index is 12.9. The van der Waals surface area contributed by atoms with Gasteiger partial charge in [0.15, 0.2) is 5.66 Å². The number of carbonyl (C=O) groups is 2. The normalized spacial score (nSPS) is 19.3. The zero-order valence-corrected chi connectivity index (χ0v) is 16.7. The zero-order valence-electron chi connectivity index (χ0n) is 14.4. The van der Waals surface area contributed by atoms with Gasteiger partial charge in [-0.3, -0.25) is 0 Å². The van der Waals surface area contributed by atoms with Crippen molar-refractivity contribution >= 4 is 47.4 Å². The lowest BCUT2D eigenvalue weighted by Gasteiger charge is -2.39. The molecular formula is C18H17Cl3N4O2. The molecule has 27 heavy (non-hydrogen) atoms. The molecule has 2 aromatic carbocycles. The SMILES string of the molecule is CN1CC(c2ccccc2)(N(Cl)C(=O)N(Cl)Cc2ccccc2)N(Cl)C1=O. The predicted octanol–water partition coefficient (Wildman–Crippen LogP) is 4.59. The Morgan fingerprint density at radius 1 is 1.07 bits per heavy atom. The van der Waals surface area contributed by atoms with Crippen LogP contribution in [-0.2, 0) is 12.2 Å². The Labute approximate surface area is 172 Å². The summed E-state index contributed by atoms with van der Waals surface area (Å²) < 4.78 is 2.77. The van der Waals surface area contributed by atoms with Crippen LogP contribution in [0.3, 0.4) is 0 Å². The van der Waals surface area contributed by atoms with Crippen LogP contribution in [0.2, 0.25) is 0 Å². The van der Waals surface area contributed by atoms with Gasteiger partial charge < -0.3 is 4.90 Å². The molecule has 142 valence electrons. The van der Waals surface area contributed by atoms with Crippen LogP contribution in [-0.4, -0.2) is 43.8 Å². The van der Waals surface area contributed by atoms with Crippen LogP contribution in [0.4, 0.5) is 9.59 Å². The van der Waals surface area contributed by atoms with E-state index in [-0.39, 0.29) is 13.1 Å². The second-order valence-electron chi connectivity index (χ2n) is 6.17. The molecule has 1 fully saturated rings. The summed E-state index contributed by atoms with van der Waals surface area (Å²) in [6, 6.07) is 17.0. The van der Waals surface area contributed by atoms with Crippen LogP contribution in [0.25, 0.3) is 0 Å². The molecule has 1 aliphatic rings. The van der Waals surface area contributed by atoms with Crippen LogP contribution in [0.5, 0.6) is 0 Å². The number of halogens is 3. The molecule has 0 N–H and O–H groups in total. The fourth-order valence-electron chi connectivity index (χ4n) is 3.00. The van der Waals surface area contributed by atoms with Gasteiger partial charge in [0, 0.05) is 47.9 Å². The molecule has 2 aromatic rings. The highest BCUT2D eigenvalue weighted by molar-refractivity contribution is 6.29. The second kappa shape index (κ2) is 7.84. The minimum atomic E-state index is -1.41. The van der Waals surface area contributed by atoms with Crippen LogP contribution in [0, 0.1) is 0 Å². The highest BCUT2D eigenvalue weighted by atomic mass is 35.5. The minimum Gasteiger partial charge on any atom is -0.322 e. The van der Waals surface area contributed by atoms with E-state index in [9.17, 15) is 9.59 Å². The summed E-state index contributed by atoms with van der Waals surface area (Å²) in [5.41, 5.74) is 0.0183. The predicted molar refractivity (Wildman–Crippen MR) is 105 cm³/mol. The number of rotatable bonds is 4. The summed E-state index contributed by atoms with van der Waals surface area (Å²) in [5, 5.41) is 0. The lowest BCUT2D eigenvalue weighted by atomic mass is 10.00. The van der Waals surface area contributed by atoms with Gasteiger partial charge in [-0.15, -0.1) is 0 Å². The Balaban J connectivity index is 1.93. The van der Waals surface area contributed by atoms with Gasteiger partial charge >= 0.3 is 12.1 Å². The summed E-state index contributed by atoms with van der Waals surface area (Å²) >= 11 is 19.0. The number of nitrogens with zero attached hydrogens (tertiary/aromatic N) is 4. The lowest BCUT2D eigenvalue weighted by molar-refractivity contribution is 0.111. The molecule has 0 bridgehead atoms. The van der Waals surface area contributed by atoms with Crippen molar-refractivity contribution in [3.63, 3.8) is 0 Å². The number of hydrogen-bond donors (Lipinski definition) is 0. The first kappa shape index (κ1) is 19.6. The van der Waals surface area contributed by atoms with Gasteiger partial charge in [-0.05, 0) is 5.56 Å². The van der Waals surface area contributed by atoms with Crippen molar-refractivity contribution in [2.45, 2.75) is 12.2 Å². The van der Waals surface area contributed by atoms with E-state index in [1.54, 1.807) is 31.3 Å². The quantitative estimate of drug-likeness (QED) is 0.670. The standard InChI is InChI=1S/C18H17Cl3N4O2/c1-22-13-18(24(20)16(22)26,15-10-6-3-7-11-15)25(21)17(27)23(19)12-14-8-4-2-5-9-14/h2-11H,12-13H2,1H3. The van der Waals surface area contributed by atoms with Crippen LogP contribution in [0.1, 0.15) is 11.1 Å². The Bertz CT molecular complexity index is 824. The van der Waals surface area contributed by atoms with E-state index in [4.69, 9.17) is 35.3 Å². The Kier molecular flexibility index (Phi) is 5.69. The third-order valence-electron chi connectivity index (χ3n) is 4.38. The van der Waals surface area contributed by atoms with Crippen LogP contribution in [0.15, 0.2) is 60.7 Å². The number of likely N-dealkylation sites (N-methyl/N-ethyl adjacent to an activating group) is 1. The van der Waals surface area contributed by atoms with Crippen molar-refractivity contribution in [2.75, 3.05) is 13.6 Å². The third kappa shape index (κ3) is 3.52. The first-order valence-electron chi connectivity index (χ1n) is 8.12. The van der Waals surface area contributed by atoms with Crippen molar-refractivity contribution in [3.05, 3.63) is 71.8 Å². The molecular weight excluding hydrogens is 411 g/mol. The molecule has 1 unspecified atom stereocenters. The second-order valence-corrected chi connectivity index (χ2v) is 7.26. The zero-order chi connectivity index (χ0) is 19.6. The summed E-state index contributed by atoms with van der Waals surface area (Å²) in [7, 11) is 1.58. The molecule has 0 aromatic heterocycles. The van der Waals surface area contributed by atoms with Crippen molar-refractivity contribution in [1.82, 2.24) is 18.2 Å². The largest absolute Gasteiger partial charge is 0.352 e. The van der Waals surface area contributed by atoms with E-state index in [2.05, 4.69) is 0 Å². The highest BCUT2D eigenvalue weighted by Crippen LogP contribution is 2.42. The van der Waals surface area contributed by atoms with E-state index < -0.39 is 17.7 Å². The van der Waals surface area contributed by atoms with E-state index in [0.29, 0.717) is 5.56 Å². The lowest BCUT2D eigenvalue weighted by Crippen LogP contribution is -2.54. The number of carbonyl (C=O) groups excluding carboxylic acids is 2. The molecule has 0 spiro atoms. The van der Waals surface area contributed by atoms with Gasteiger partial charge in [-0.1, -0.05) is 60.7 Å². The number of urea groups is 2. The number of amides is 4. The van der Waals surface area contributed by atoms with E-state index >= 15 is 0 Å². The van der Waals surface area contributed by atoms with Crippen molar-refractivity contribution < 1.29 is 9.59 Å². The van der Waals surface area contributed by atoms with Crippen molar-refractivity contribution in [3.8, 4) is 0 Å². The molecule has 0 saturated carbocycles. The average Bonchev–Trinajstić information content (AvgIpc) is 2.93. The summed E-state index contributed by atoms with van der Waals surface area (Å²) in [6.07, 6.45) is 0. The number of benzene rings is 2. The summed E-state index contributed by atoms with van der Waals surface area (Å²) in [5.74, 6) is 0. The van der Waals surface area contributed by atoms with E-state index in [0.717, 1.165) is 18.8 Å². The first-order chi connectivity index (χ1) is 12.9. The molecule has 1 aliphatic heterocycles. The smallest absolute Gasteiger partial charge is 0.322 e. The summed E-state index contributed by atoms with van der Waals surface area (Å²) in [4.78, 5) is 26.7. The van der Waals surface area contributed by atoms with Crippen molar-refractivity contribution in [2.24, 2.45) is 0 Å². The van der Waals surface area contributed by atoms with E-state index in [1.807, 2.05) is 36.4 Å². The fraction of sp³-hybridized carbons (Fsp3) is 0.222. The Hall–Kier alpha value is -2.15. The first-order valence-corrected chi connectivity index (χ1v) is 9.13. The maximum atomic E-state index is 12.9. The topological polar surface area (TPSA) is 47.1 Å². The van der Waals surface area contributed by atoms with Gasteiger partial charge in [-0.2, -0.15) is 0 Å². The molecule has 1 atom stereocenters. The molecule has 1 heterocycles. The Morgan fingerprint density at radius 3 is 2.15 bits per heavy atom. The van der Waals surface area contributed by atoms with Gasteiger partial charge in [0.05, 0.1) is 13.1 Å². The molecule has 6 nitrogen and oxygen atoms in total. The fourth-order valence-corrected chi connectivity index (χ4v) is 3.96. The van der Waals surface area contributed by atoms with Crippen molar-refractivity contribution in [1.29, 1.82) is 0 Å². The third-order valence-corrected chi connectivity index (χ3v) is 5.49. The number of hydrogen-bond acceptors (Lipinski definition) is 2. The van der Waals surface area contributed by atoms with Gasteiger partial charge in [0.25, 0.3) is 0 Å². The molecule has 4 amide bonds. The highest BCUT2D eigenvalue weighted by Gasteiger charge is 2.56. The summed E-state index contributed by atoms with van der Waals surface area (Å²) in [6.45, 7) is 0.228. The monoisotopic (exact) mass is 426 g/mol. The average molecular weight is 428 g/mol. The molecule has 9 heteroatoms. The van der Waals surface area contributed by atoms with Gasteiger partial charge in [0.2, 0.25) is 0 Å². The van der Waals surface area contributed by atoms with E-state index in [1.165, 1.54) is 4.90 Å². The Morgan fingerprint density at radius 2 is 1.63 bits per heavy atom. The minimum absolute atomic E-state index is 0.0879. The molecule has 3 rings (SSSR count). The van der Waals surface area contributed by atoms with Gasteiger partial charge in [0.1, 0.15) is 0 Å². The molecule has 0 radical (unpaired) electrons. The van der Waals surface area contributed by atoms with Gasteiger partial charge in [-0.25, -0.2) is 22.8 Å².